The summed E-state index contributed by atoms with van der Waals surface area (Å²) in [6.45, 7) is 6.29. The van der Waals surface area contributed by atoms with Crippen molar-refractivity contribution in [2.24, 2.45) is 0 Å². The van der Waals surface area contributed by atoms with Crippen molar-refractivity contribution >= 4 is 18.5 Å². The van der Waals surface area contributed by atoms with Gasteiger partial charge in [0.15, 0.2) is 0 Å². The Hall–Kier alpha value is -1.57. The lowest BCUT2D eigenvalue weighted by Gasteiger charge is -2.34. The summed E-state index contributed by atoms with van der Waals surface area (Å²) in [5.41, 5.74) is 0.447. The SMILES string of the molecule is CC(=O)N1CCN(CCOc2ccc(B(O)O)cc2)CC1. The summed E-state index contributed by atoms with van der Waals surface area (Å²) >= 11 is 0. The molecule has 1 aliphatic heterocycles. The second-order valence-corrected chi connectivity index (χ2v) is 5.14. The van der Waals surface area contributed by atoms with Gasteiger partial charge in [0.25, 0.3) is 0 Å². The van der Waals surface area contributed by atoms with E-state index in [1.54, 1.807) is 31.2 Å². The number of nitrogens with zero attached hydrogens (tertiary/aromatic N) is 2. The van der Waals surface area contributed by atoms with Gasteiger partial charge in [0, 0.05) is 39.6 Å². The minimum Gasteiger partial charge on any atom is -0.492 e. The third kappa shape index (κ3) is 4.73. The summed E-state index contributed by atoms with van der Waals surface area (Å²) in [4.78, 5) is 15.4. The summed E-state index contributed by atoms with van der Waals surface area (Å²) in [5.74, 6) is 0.846. The second-order valence-electron chi connectivity index (χ2n) is 5.14. The van der Waals surface area contributed by atoms with Crippen LogP contribution in [-0.4, -0.2) is 72.2 Å². The van der Waals surface area contributed by atoms with Crippen molar-refractivity contribution < 1.29 is 19.6 Å². The summed E-state index contributed by atoms with van der Waals surface area (Å²) in [5, 5.41) is 18.0. The van der Waals surface area contributed by atoms with Gasteiger partial charge in [0.1, 0.15) is 12.4 Å². The molecule has 114 valence electrons. The van der Waals surface area contributed by atoms with Gasteiger partial charge < -0.3 is 19.7 Å². The molecule has 0 aromatic heterocycles. The minimum atomic E-state index is -1.45. The molecule has 7 heteroatoms. The Balaban J connectivity index is 1.69. The number of carbonyl (C=O) groups excluding carboxylic acids is 1. The van der Waals surface area contributed by atoms with Crippen LogP contribution in [-0.2, 0) is 4.79 Å². The van der Waals surface area contributed by atoms with E-state index >= 15 is 0 Å². The molecule has 1 aliphatic rings. The molecule has 0 radical (unpaired) electrons. The van der Waals surface area contributed by atoms with Gasteiger partial charge in [-0.25, -0.2) is 0 Å². The number of amides is 1. The van der Waals surface area contributed by atoms with Crippen molar-refractivity contribution in [2.75, 3.05) is 39.3 Å². The van der Waals surface area contributed by atoms with Gasteiger partial charge in [-0.2, -0.15) is 0 Å². The van der Waals surface area contributed by atoms with Crippen molar-refractivity contribution in [3.8, 4) is 5.75 Å². The summed E-state index contributed by atoms with van der Waals surface area (Å²) in [6.07, 6.45) is 0. The van der Waals surface area contributed by atoms with Gasteiger partial charge in [-0.05, 0) is 17.6 Å². The van der Waals surface area contributed by atoms with E-state index in [1.165, 1.54) is 0 Å². The average Bonchev–Trinajstić information content (AvgIpc) is 2.48. The monoisotopic (exact) mass is 292 g/mol. The Bertz CT molecular complexity index is 459. The van der Waals surface area contributed by atoms with E-state index in [2.05, 4.69) is 4.90 Å². The van der Waals surface area contributed by atoms with Gasteiger partial charge in [0.2, 0.25) is 5.91 Å². The van der Waals surface area contributed by atoms with Crippen LogP contribution in [0.5, 0.6) is 5.75 Å². The highest BCUT2D eigenvalue weighted by atomic mass is 16.5. The Morgan fingerprint density at radius 2 is 1.81 bits per heavy atom. The summed E-state index contributed by atoms with van der Waals surface area (Å²) in [7, 11) is -1.45. The molecule has 0 unspecified atom stereocenters. The molecule has 2 N–H and O–H groups in total. The molecule has 0 bridgehead atoms. The highest BCUT2D eigenvalue weighted by Gasteiger charge is 2.18. The topological polar surface area (TPSA) is 73.2 Å². The van der Waals surface area contributed by atoms with Crippen molar-refractivity contribution in [2.45, 2.75) is 6.92 Å². The highest BCUT2D eigenvalue weighted by molar-refractivity contribution is 6.58. The number of rotatable bonds is 5. The lowest BCUT2D eigenvalue weighted by atomic mass is 9.80. The molecule has 21 heavy (non-hydrogen) atoms. The third-order valence-electron chi connectivity index (χ3n) is 3.67. The van der Waals surface area contributed by atoms with Crippen molar-refractivity contribution in [1.82, 2.24) is 9.80 Å². The average molecular weight is 292 g/mol. The number of carbonyl (C=O) groups is 1. The zero-order chi connectivity index (χ0) is 15.2. The molecule has 0 saturated carbocycles. The fourth-order valence-corrected chi connectivity index (χ4v) is 2.32. The first-order valence-corrected chi connectivity index (χ1v) is 7.13. The van der Waals surface area contributed by atoms with Crippen LogP contribution in [0.2, 0.25) is 0 Å². The standard InChI is InChI=1S/C14H21BN2O4/c1-12(18)17-8-6-16(7-9-17)10-11-21-14-4-2-13(3-5-14)15(19)20/h2-5,19-20H,6-11H2,1H3. The maximum absolute atomic E-state index is 11.2. The largest absolute Gasteiger partial charge is 0.492 e. The van der Waals surface area contributed by atoms with Gasteiger partial charge in [-0.1, -0.05) is 12.1 Å². The van der Waals surface area contributed by atoms with Crippen LogP contribution in [0, 0.1) is 0 Å². The molecule has 2 rings (SSSR count). The maximum atomic E-state index is 11.2. The first kappa shape index (κ1) is 15.8. The molecule has 0 aliphatic carbocycles. The zero-order valence-electron chi connectivity index (χ0n) is 12.2. The van der Waals surface area contributed by atoms with E-state index in [-0.39, 0.29) is 5.91 Å². The van der Waals surface area contributed by atoms with Crippen LogP contribution in [0.3, 0.4) is 0 Å². The summed E-state index contributed by atoms with van der Waals surface area (Å²) in [6, 6.07) is 6.71. The first-order valence-electron chi connectivity index (χ1n) is 7.13. The molecule has 1 fully saturated rings. The molecule has 1 aromatic carbocycles. The fraction of sp³-hybridized carbons (Fsp3) is 0.500. The van der Waals surface area contributed by atoms with Crippen LogP contribution >= 0.6 is 0 Å². The van der Waals surface area contributed by atoms with Crippen LogP contribution in [0.15, 0.2) is 24.3 Å². The molecule has 6 nitrogen and oxygen atoms in total. The Labute approximate surface area is 125 Å². The smallest absolute Gasteiger partial charge is 0.488 e. The van der Waals surface area contributed by atoms with E-state index < -0.39 is 7.12 Å². The lowest BCUT2D eigenvalue weighted by molar-refractivity contribution is -0.130. The highest BCUT2D eigenvalue weighted by Crippen LogP contribution is 2.08. The van der Waals surface area contributed by atoms with E-state index in [1.807, 2.05) is 4.90 Å². The summed E-state index contributed by atoms with van der Waals surface area (Å²) < 4.78 is 5.63. The first-order chi connectivity index (χ1) is 10.1. The predicted octanol–water partition coefficient (Wildman–Crippen LogP) is -1.09. The quantitative estimate of drug-likeness (QED) is 0.675. The predicted molar refractivity (Wildman–Crippen MR) is 80.5 cm³/mol. The molecule has 0 spiro atoms. The van der Waals surface area contributed by atoms with Crippen LogP contribution < -0.4 is 10.2 Å². The maximum Gasteiger partial charge on any atom is 0.488 e. The third-order valence-corrected chi connectivity index (χ3v) is 3.67. The van der Waals surface area contributed by atoms with Crippen molar-refractivity contribution in [1.29, 1.82) is 0 Å². The fourth-order valence-electron chi connectivity index (χ4n) is 2.32. The number of hydrogen-bond acceptors (Lipinski definition) is 5. The van der Waals surface area contributed by atoms with Crippen LogP contribution in [0.4, 0.5) is 0 Å². The molecule has 1 heterocycles. The van der Waals surface area contributed by atoms with E-state index in [0.29, 0.717) is 17.8 Å². The van der Waals surface area contributed by atoms with Gasteiger partial charge in [-0.15, -0.1) is 0 Å². The minimum absolute atomic E-state index is 0.136. The lowest BCUT2D eigenvalue weighted by Crippen LogP contribution is -2.48. The normalized spacial score (nSPS) is 15.9. The van der Waals surface area contributed by atoms with Gasteiger partial charge in [-0.3, -0.25) is 9.69 Å². The molecule has 1 aromatic rings. The van der Waals surface area contributed by atoms with E-state index in [0.717, 1.165) is 32.7 Å². The number of piperazine rings is 1. The Kier molecular flexibility index (Phi) is 5.61. The molecular formula is C14H21BN2O4. The number of hydrogen-bond donors (Lipinski definition) is 2. The van der Waals surface area contributed by atoms with Gasteiger partial charge >= 0.3 is 7.12 Å². The number of benzene rings is 1. The number of ether oxygens (including phenoxy) is 1. The Morgan fingerprint density at radius 3 is 2.33 bits per heavy atom. The second kappa shape index (κ2) is 7.45. The Morgan fingerprint density at radius 1 is 1.19 bits per heavy atom. The zero-order valence-corrected chi connectivity index (χ0v) is 12.2. The molecule has 1 amide bonds. The molecule has 0 atom stereocenters. The molecular weight excluding hydrogens is 271 g/mol. The van der Waals surface area contributed by atoms with E-state index in [4.69, 9.17) is 14.8 Å². The molecule has 1 saturated heterocycles. The van der Waals surface area contributed by atoms with E-state index in [9.17, 15) is 4.79 Å². The van der Waals surface area contributed by atoms with Crippen molar-refractivity contribution in [3.63, 3.8) is 0 Å². The van der Waals surface area contributed by atoms with Crippen molar-refractivity contribution in [3.05, 3.63) is 24.3 Å². The van der Waals surface area contributed by atoms with Gasteiger partial charge in [0.05, 0.1) is 0 Å². The van der Waals surface area contributed by atoms with Crippen LogP contribution in [0.25, 0.3) is 0 Å². The van der Waals surface area contributed by atoms with Crippen LogP contribution in [0.1, 0.15) is 6.92 Å².